The highest BCUT2D eigenvalue weighted by molar-refractivity contribution is 7.81. The Balaban J connectivity index is 0.743. The molecule has 0 spiro atoms. The fourth-order valence-electron chi connectivity index (χ4n) is 15.7. The smallest absolute Gasteiger partial charge is 0.397 e. The van der Waals surface area contributed by atoms with Gasteiger partial charge >= 0.3 is 26.8 Å². The van der Waals surface area contributed by atoms with Crippen LogP contribution in [0.2, 0.25) is 0 Å². The van der Waals surface area contributed by atoms with Gasteiger partial charge in [-0.3, -0.25) is 13.9 Å². The number of carboxylic acids is 1. The van der Waals surface area contributed by atoms with Gasteiger partial charge in [-0.1, -0.05) is 31.7 Å². The molecule has 25 heteroatoms. The summed E-state index contributed by atoms with van der Waals surface area (Å²) in [6.07, 6.45) is 0.215. The number of aliphatic hydroxyl groups excluding tert-OH is 1. The number of hydrogen-bond donors (Lipinski definition) is 5. The van der Waals surface area contributed by atoms with Crippen molar-refractivity contribution in [3.05, 3.63) is 37.0 Å². The number of ether oxygens (including phenoxy) is 11. The van der Waals surface area contributed by atoms with Crippen LogP contribution in [0.5, 0.6) is 0 Å². The molecule has 0 aliphatic carbocycles. The molecule has 11 aliphatic rings. The topological polar surface area (TPSA) is 306 Å². The molecule has 5 N–H and O–H groups in total. The van der Waals surface area contributed by atoms with E-state index in [1.807, 2.05) is 6.92 Å². The zero-order chi connectivity index (χ0) is 58.0. The largest absolute Gasteiger partial charge is 0.481 e. The van der Waals surface area contributed by atoms with Gasteiger partial charge in [-0.2, -0.15) is 16.8 Å². The average Bonchev–Trinajstić information content (AvgIpc) is 3.75. The molecule has 0 radical (unpaired) electrons. The van der Waals surface area contributed by atoms with E-state index in [0.29, 0.717) is 69.8 Å². The molecule has 0 unspecified atom stereocenters. The summed E-state index contributed by atoms with van der Waals surface area (Å²) < 4.78 is 151. The molecule has 81 heavy (non-hydrogen) atoms. The summed E-state index contributed by atoms with van der Waals surface area (Å²) in [5.41, 5.74) is -4.80. The van der Waals surface area contributed by atoms with Crippen LogP contribution in [0.3, 0.4) is 0 Å². The molecule has 0 amide bonds. The van der Waals surface area contributed by atoms with Crippen LogP contribution in [0.1, 0.15) is 138 Å². The van der Waals surface area contributed by atoms with Gasteiger partial charge in [-0.05, 0) is 97.5 Å². The summed E-state index contributed by atoms with van der Waals surface area (Å²) in [6.45, 7) is 19.0. The number of hydrogen-bond acceptors (Lipinski definition) is 20. The maximum absolute atomic E-state index is 12.3. The molecule has 23 nitrogen and oxygen atoms in total. The Morgan fingerprint density at radius 3 is 1.93 bits per heavy atom. The van der Waals surface area contributed by atoms with Crippen molar-refractivity contribution in [1.29, 1.82) is 0 Å². The third-order valence-corrected chi connectivity index (χ3v) is 21.1. The zero-order valence-electron chi connectivity index (χ0n) is 47.1. The maximum atomic E-state index is 12.3. The normalized spacial score (nSPS) is 50.0. The Bertz CT molecular complexity index is 2620. The third-order valence-electron chi connectivity index (χ3n) is 20.2. The van der Waals surface area contributed by atoms with E-state index in [9.17, 15) is 41.5 Å². The Kier molecular flexibility index (Phi) is 16.6. The Morgan fingerprint density at radius 2 is 1.28 bits per heavy atom. The number of rotatable bonds is 13. The van der Waals surface area contributed by atoms with Gasteiger partial charge in [-0.25, -0.2) is 8.37 Å². The third kappa shape index (κ3) is 12.1. The molecule has 11 rings (SSSR count). The van der Waals surface area contributed by atoms with Crippen LogP contribution >= 0.6 is 0 Å². The molecule has 11 fully saturated rings. The van der Waals surface area contributed by atoms with Gasteiger partial charge < -0.3 is 67.4 Å². The SMILES string of the molecule is C=CC[C@H](/C=C/[C@@](C)(O)[C@H]1O[C@@H]2C[C@@H]3O[C@@H]4C[C@@H]5O[C@@H]6C[C@@H]7O[C@@H]8C[C@@H]9O[C@@H]%10C[C@@H]%11O[C@](C)(CCCOS(=O)(=O)O)[C@@H](OS(=O)(=O)O)C[C@H]%11O[C@H]%10C[C@H]9O[C@H]8CC[C@@]7(C)O[C@@]6(C)CC[C@H](C)[C@H]5O[C@H]4[C@@H](O)[C@@]3(C)O[C@H]2CC1=C)C(=O)O. The fourth-order valence-corrected chi connectivity index (χ4v) is 16.6. The van der Waals surface area contributed by atoms with Crippen molar-refractivity contribution >= 4 is 26.8 Å². The number of allylic oxidation sites excluding steroid dienone is 1. The van der Waals surface area contributed by atoms with Gasteiger partial charge in [0.05, 0.1) is 127 Å². The van der Waals surface area contributed by atoms with Gasteiger partial charge in [0.2, 0.25) is 0 Å². The lowest BCUT2D eigenvalue weighted by Gasteiger charge is -2.61. The van der Waals surface area contributed by atoms with E-state index in [1.165, 1.54) is 18.2 Å². The molecule has 11 saturated heterocycles. The molecule has 0 aromatic rings. The predicted molar refractivity (Wildman–Crippen MR) is 282 cm³/mol. The predicted octanol–water partition coefficient (Wildman–Crippen LogP) is 4.59. The average molecular weight is 1190 g/mol. The van der Waals surface area contributed by atoms with Crippen LogP contribution < -0.4 is 0 Å². The van der Waals surface area contributed by atoms with Crippen molar-refractivity contribution in [2.24, 2.45) is 11.8 Å². The van der Waals surface area contributed by atoms with E-state index >= 15 is 0 Å². The lowest BCUT2D eigenvalue weighted by Crippen LogP contribution is -2.74. The number of carbonyl (C=O) groups is 1. The van der Waals surface area contributed by atoms with Crippen LogP contribution in [0, 0.1) is 11.8 Å². The Morgan fingerprint density at radius 1 is 0.716 bits per heavy atom. The van der Waals surface area contributed by atoms with Gasteiger partial charge in [0, 0.05) is 44.9 Å². The fraction of sp³-hybridized carbons (Fsp3) is 0.875. The van der Waals surface area contributed by atoms with Gasteiger partial charge in [0.15, 0.2) is 0 Å². The van der Waals surface area contributed by atoms with Crippen LogP contribution in [-0.4, -0.2) is 204 Å². The second-order valence-electron chi connectivity index (χ2n) is 26.2. The van der Waals surface area contributed by atoms with Gasteiger partial charge in [0.25, 0.3) is 0 Å². The molecule has 27 atom stereocenters. The van der Waals surface area contributed by atoms with Crippen molar-refractivity contribution < 1.29 is 107 Å². The summed E-state index contributed by atoms with van der Waals surface area (Å²) in [5, 5.41) is 33.7. The first-order valence-corrected chi connectivity index (χ1v) is 31.9. The second kappa shape index (κ2) is 22.3. The van der Waals surface area contributed by atoms with Crippen LogP contribution in [0.15, 0.2) is 37.0 Å². The highest BCUT2D eigenvalue weighted by Crippen LogP contribution is 2.54. The molecule has 0 bridgehead atoms. The minimum absolute atomic E-state index is 0.0402. The second-order valence-corrected chi connectivity index (χ2v) is 28.4. The maximum Gasteiger partial charge on any atom is 0.397 e. The minimum atomic E-state index is -4.91. The van der Waals surface area contributed by atoms with Crippen LogP contribution in [-0.2, 0) is 86.1 Å². The minimum Gasteiger partial charge on any atom is -0.481 e. The number of aliphatic hydroxyl groups is 2. The first-order chi connectivity index (χ1) is 37.9. The molecule has 0 aromatic heterocycles. The summed E-state index contributed by atoms with van der Waals surface area (Å²) in [5.74, 6) is -1.85. The molecule has 11 heterocycles. The summed E-state index contributed by atoms with van der Waals surface area (Å²) in [4.78, 5) is 11.9. The van der Waals surface area contributed by atoms with E-state index in [0.717, 1.165) is 6.42 Å². The molecule has 458 valence electrons. The van der Waals surface area contributed by atoms with Crippen molar-refractivity contribution in [3.63, 3.8) is 0 Å². The quantitative estimate of drug-likeness (QED) is 0.0956. The number of aliphatic carboxylic acids is 1. The highest BCUT2D eigenvalue weighted by Gasteiger charge is 2.65. The van der Waals surface area contributed by atoms with Crippen LogP contribution in [0.25, 0.3) is 0 Å². The standard InChI is InChI=1S/C56H84O23S2/c1-9-11-30(51(58)59)13-16-52(4,60)50-29(3)20-39-38(74-50)26-46-56(8,77-39)49(57)48-42(73-46)24-41-47(75-48)28(2)12-17-54(6)44(72-41)27-43-55(7,79-54)18-14-31-32(71-43)21-34-33(68-31)22-35-36(69-34)23-40-37(70-35)25-45(78-81(64,65)66)53(5,76-40)15-10-19-67-80(61,62)63/h9,13,16,28,30-50,57,60H,1,3,10-12,14-15,17-27H2,2,4-8H3,(H,58,59)(H,61,62,63)(H,64,65,66)/b16-13+/t28-,30+,31-,32+,33+,34-,35-,36+,37+,38+,39-,40-,41-,42+,43-,44+,45-,46-,47+,48+,49+,50-,52+,53+,54-,55+,56-/m0/s1. The Hall–Kier alpha value is -2.09. The lowest BCUT2D eigenvalue weighted by atomic mass is 9.73. The lowest BCUT2D eigenvalue weighted by molar-refractivity contribution is -0.369. The molecular weight excluding hydrogens is 1100 g/mol. The summed E-state index contributed by atoms with van der Waals surface area (Å²) in [7, 11) is -9.61. The molecular formula is C56H84O23S2. The highest BCUT2D eigenvalue weighted by atomic mass is 32.3. The van der Waals surface area contributed by atoms with E-state index in [2.05, 4.69) is 38.1 Å². The first kappa shape index (κ1) is 60.6. The van der Waals surface area contributed by atoms with Crippen LogP contribution in [0.4, 0.5) is 0 Å². The molecule has 11 aliphatic heterocycles. The van der Waals surface area contributed by atoms with E-state index in [-0.39, 0.29) is 80.9 Å². The van der Waals surface area contributed by atoms with Crippen molar-refractivity contribution in [3.8, 4) is 0 Å². The monoisotopic (exact) mass is 1190 g/mol. The van der Waals surface area contributed by atoms with Crippen molar-refractivity contribution in [2.45, 2.75) is 288 Å². The van der Waals surface area contributed by atoms with E-state index in [4.69, 9.17) is 60.8 Å². The first-order valence-electron chi connectivity index (χ1n) is 29.1. The van der Waals surface area contributed by atoms with Gasteiger partial charge in [-0.15, -0.1) is 6.58 Å². The van der Waals surface area contributed by atoms with Crippen molar-refractivity contribution in [1.82, 2.24) is 0 Å². The Labute approximate surface area is 474 Å². The number of carboxylic acid groups (broad SMARTS) is 1. The summed E-state index contributed by atoms with van der Waals surface area (Å²) >= 11 is 0. The van der Waals surface area contributed by atoms with E-state index in [1.54, 1.807) is 13.8 Å². The van der Waals surface area contributed by atoms with Crippen molar-refractivity contribution in [2.75, 3.05) is 6.61 Å². The summed E-state index contributed by atoms with van der Waals surface area (Å²) in [6, 6.07) is 0. The van der Waals surface area contributed by atoms with Gasteiger partial charge in [0.1, 0.15) is 35.6 Å². The molecule has 0 aromatic carbocycles. The number of fused-ring (bicyclic) bond motifs is 10. The van der Waals surface area contributed by atoms with E-state index < -0.39 is 140 Å². The zero-order valence-corrected chi connectivity index (χ0v) is 48.7. The molecule has 0 saturated carbocycles.